The zero-order valence-electron chi connectivity index (χ0n) is 16.4. The number of H-pyrrole nitrogens is 1. The van der Waals surface area contributed by atoms with Crippen LogP contribution in [0.5, 0.6) is 0 Å². The van der Waals surface area contributed by atoms with Gasteiger partial charge >= 0.3 is 0 Å². The zero-order valence-corrected chi connectivity index (χ0v) is 17.2. The van der Waals surface area contributed by atoms with E-state index in [0.29, 0.717) is 5.92 Å². The average Bonchev–Trinajstić information content (AvgIpc) is 3.19. The van der Waals surface area contributed by atoms with E-state index < -0.39 is 0 Å². The van der Waals surface area contributed by atoms with Crippen LogP contribution in [-0.2, 0) is 0 Å². The number of nitrogens with zero attached hydrogens (tertiary/aromatic N) is 4. The van der Waals surface area contributed by atoms with Gasteiger partial charge in [-0.15, -0.1) is 0 Å². The standard InChI is InChI=1S/C22H26ClN5/c1-16(2)15-27-9-11-28(12-10-27)21-13-18(7-8-24-21)22-25-14-20(26-22)17-3-5-19(23)6-4-17/h3-8,13-14,16H,9-12,15H2,1-2H3,(H,25,26). The second kappa shape index (κ2) is 8.33. The SMILES string of the molecule is CC(C)CN1CCN(c2cc(-c3nc(-c4ccc(Cl)cc4)c[nH]3)ccn2)CC1. The highest BCUT2D eigenvalue weighted by molar-refractivity contribution is 6.30. The first-order valence-corrected chi connectivity index (χ1v) is 10.2. The summed E-state index contributed by atoms with van der Waals surface area (Å²) in [5.41, 5.74) is 3.00. The maximum Gasteiger partial charge on any atom is 0.138 e. The number of hydrogen-bond acceptors (Lipinski definition) is 4. The van der Waals surface area contributed by atoms with E-state index in [1.165, 1.54) is 6.54 Å². The Labute approximate surface area is 171 Å². The summed E-state index contributed by atoms with van der Waals surface area (Å²) < 4.78 is 0. The minimum atomic E-state index is 0.710. The number of halogens is 1. The van der Waals surface area contributed by atoms with E-state index in [-0.39, 0.29) is 0 Å². The normalized spacial score (nSPS) is 15.4. The van der Waals surface area contributed by atoms with E-state index in [9.17, 15) is 0 Å². The molecule has 0 saturated carbocycles. The highest BCUT2D eigenvalue weighted by Crippen LogP contribution is 2.25. The first kappa shape index (κ1) is 19.0. The molecular weight excluding hydrogens is 370 g/mol. The van der Waals surface area contributed by atoms with Gasteiger partial charge in [0.2, 0.25) is 0 Å². The van der Waals surface area contributed by atoms with Crippen LogP contribution in [0.1, 0.15) is 13.8 Å². The number of nitrogens with one attached hydrogen (secondary N) is 1. The number of aromatic amines is 1. The van der Waals surface area contributed by atoms with Crippen LogP contribution in [0.2, 0.25) is 5.02 Å². The van der Waals surface area contributed by atoms with Gasteiger partial charge in [0.15, 0.2) is 0 Å². The summed E-state index contributed by atoms with van der Waals surface area (Å²) in [6.07, 6.45) is 3.80. The highest BCUT2D eigenvalue weighted by atomic mass is 35.5. The first-order valence-electron chi connectivity index (χ1n) is 9.83. The van der Waals surface area contributed by atoms with Gasteiger partial charge in [-0.2, -0.15) is 0 Å². The number of hydrogen-bond donors (Lipinski definition) is 1. The van der Waals surface area contributed by atoms with Gasteiger partial charge in [0.25, 0.3) is 0 Å². The van der Waals surface area contributed by atoms with Gasteiger partial charge in [0.1, 0.15) is 11.6 Å². The van der Waals surface area contributed by atoms with E-state index in [1.54, 1.807) is 0 Å². The number of rotatable bonds is 5. The van der Waals surface area contributed by atoms with Crippen molar-refractivity contribution in [1.29, 1.82) is 0 Å². The van der Waals surface area contributed by atoms with Gasteiger partial charge in [0, 0.05) is 61.3 Å². The van der Waals surface area contributed by atoms with Gasteiger partial charge in [-0.05, 0) is 30.2 Å². The second-order valence-corrected chi connectivity index (χ2v) is 8.16. The molecule has 1 fully saturated rings. The topological polar surface area (TPSA) is 48.0 Å². The molecule has 5 nitrogen and oxygen atoms in total. The fraction of sp³-hybridized carbons (Fsp3) is 0.364. The van der Waals surface area contributed by atoms with Crippen molar-refractivity contribution >= 4 is 17.4 Å². The van der Waals surface area contributed by atoms with E-state index in [0.717, 1.165) is 59.7 Å². The van der Waals surface area contributed by atoms with E-state index in [4.69, 9.17) is 16.6 Å². The molecule has 2 aromatic heterocycles. The summed E-state index contributed by atoms with van der Waals surface area (Å²) in [7, 11) is 0. The summed E-state index contributed by atoms with van der Waals surface area (Å²) in [4.78, 5) is 17.6. The summed E-state index contributed by atoms with van der Waals surface area (Å²) in [5, 5.41) is 0.728. The predicted molar refractivity (Wildman–Crippen MR) is 116 cm³/mol. The molecule has 0 aliphatic carbocycles. The number of benzene rings is 1. The van der Waals surface area contributed by atoms with E-state index in [2.05, 4.69) is 39.7 Å². The molecule has 6 heteroatoms. The van der Waals surface area contributed by atoms with Crippen LogP contribution in [0, 0.1) is 5.92 Å². The number of imidazole rings is 1. The third-order valence-corrected chi connectivity index (χ3v) is 5.31. The van der Waals surface area contributed by atoms with Crippen LogP contribution >= 0.6 is 11.6 Å². The number of piperazine rings is 1. The van der Waals surface area contributed by atoms with E-state index >= 15 is 0 Å². The molecule has 0 bridgehead atoms. The monoisotopic (exact) mass is 395 g/mol. The fourth-order valence-electron chi connectivity index (χ4n) is 3.65. The maximum atomic E-state index is 5.98. The highest BCUT2D eigenvalue weighted by Gasteiger charge is 2.19. The van der Waals surface area contributed by atoms with Crippen LogP contribution in [-0.4, -0.2) is 52.6 Å². The molecule has 146 valence electrons. The van der Waals surface area contributed by atoms with Gasteiger partial charge in [-0.25, -0.2) is 9.97 Å². The summed E-state index contributed by atoms with van der Waals surface area (Å²) in [6, 6.07) is 11.9. The third kappa shape index (κ3) is 4.37. The molecule has 1 aliphatic rings. The molecule has 0 amide bonds. The van der Waals surface area contributed by atoms with E-state index in [1.807, 2.05) is 42.7 Å². The lowest BCUT2D eigenvalue weighted by molar-refractivity contribution is 0.231. The Balaban J connectivity index is 1.48. The van der Waals surface area contributed by atoms with Crippen molar-refractivity contribution in [3.63, 3.8) is 0 Å². The Morgan fingerprint density at radius 3 is 2.50 bits per heavy atom. The molecule has 1 N–H and O–H groups in total. The van der Waals surface area contributed by atoms with Gasteiger partial charge in [-0.1, -0.05) is 37.6 Å². The largest absolute Gasteiger partial charge is 0.354 e. The molecule has 0 spiro atoms. The molecule has 3 aromatic rings. The summed E-state index contributed by atoms with van der Waals surface area (Å²) in [5.74, 6) is 2.58. The number of anilines is 1. The Hall–Kier alpha value is -2.37. The third-order valence-electron chi connectivity index (χ3n) is 5.06. The summed E-state index contributed by atoms with van der Waals surface area (Å²) in [6.45, 7) is 9.92. The van der Waals surface area contributed by atoms with Crippen molar-refractivity contribution < 1.29 is 0 Å². The average molecular weight is 396 g/mol. The van der Waals surface area contributed by atoms with Crippen molar-refractivity contribution in [2.24, 2.45) is 5.92 Å². The molecule has 3 heterocycles. The van der Waals surface area contributed by atoms with Crippen LogP contribution in [0.3, 0.4) is 0 Å². The summed E-state index contributed by atoms with van der Waals surface area (Å²) >= 11 is 5.98. The second-order valence-electron chi connectivity index (χ2n) is 7.73. The lowest BCUT2D eigenvalue weighted by atomic mass is 10.2. The molecule has 4 rings (SSSR count). The van der Waals surface area contributed by atoms with Crippen molar-refractivity contribution in [3.05, 3.63) is 53.8 Å². The van der Waals surface area contributed by atoms with Crippen LogP contribution in [0.4, 0.5) is 5.82 Å². The van der Waals surface area contributed by atoms with Crippen LogP contribution in [0.25, 0.3) is 22.6 Å². The predicted octanol–water partition coefficient (Wildman–Crippen LogP) is 4.57. The molecule has 28 heavy (non-hydrogen) atoms. The number of pyridine rings is 1. The Kier molecular flexibility index (Phi) is 5.64. The molecule has 1 saturated heterocycles. The van der Waals surface area contributed by atoms with Crippen molar-refractivity contribution in [1.82, 2.24) is 19.9 Å². The van der Waals surface area contributed by atoms with Crippen LogP contribution < -0.4 is 4.90 Å². The lowest BCUT2D eigenvalue weighted by Crippen LogP contribution is -2.47. The zero-order chi connectivity index (χ0) is 19.5. The van der Waals surface area contributed by atoms with Crippen molar-refractivity contribution in [3.8, 4) is 22.6 Å². The molecule has 0 atom stereocenters. The van der Waals surface area contributed by atoms with Gasteiger partial charge in [-0.3, -0.25) is 4.90 Å². The molecule has 0 unspecified atom stereocenters. The first-order chi connectivity index (χ1) is 13.6. The molecule has 1 aromatic carbocycles. The lowest BCUT2D eigenvalue weighted by Gasteiger charge is -2.36. The minimum absolute atomic E-state index is 0.710. The maximum absolute atomic E-state index is 5.98. The fourth-order valence-corrected chi connectivity index (χ4v) is 3.78. The van der Waals surface area contributed by atoms with Crippen molar-refractivity contribution in [2.75, 3.05) is 37.6 Å². The molecule has 1 aliphatic heterocycles. The van der Waals surface area contributed by atoms with Gasteiger partial charge < -0.3 is 9.88 Å². The quantitative estimate of drug-likeness (QED) is 0.687. The number of aromatic nitrogens is 3. The molecule has 0 radical (unpaired) electrons. The smallest absolute Gasteiger partial charge is 0.138 e. The Morgan fingerprint density at radius 1 is 1.04 bits per heavy atom. The van der Waals surface area contributed by atoms with Crippen LogP contribution in [0.15, 0.2) is 48.8 Å². The van der Waals surface area contributed by atoms with Crippen molar-refractivity contribution in [2.45, 2.75) is 13.8 Å². The Morgan fingerprint density at radius 2 is 1.79 bits per heavy atom. The Bertz CT molecular complexity index is 911. The van der Waals surface area contributed by atoms with Gasteiger partial charge in [0.05, 0.1) is 5.69 Å². The molecular formula is C22H26ClN5. The minimum Gasteiger partial charge on any atom is -0.354 e.